The number of aliphatic hydroxyl groups is 2. The summed E-state index contributed by atoms with van der Waals surface area (Å²) in [5, 5.41) is 19.1. The van der Waals surface area contributed by atoms with E-state index in [4.69, 9.17) is 4.74 Å². The Morgan fingerprint density at radius 3 is 2.86 bits per heavy atom. The molecule has 2 aliphatic rings. The molecule has 0 unspecified atom stereocenters. The highest BCUT2D eigenvalue weighted by Crippen LogP contribution is 2.36. The standard InChI is InChI=1S/C11H12O3/c1-6(2)3-4-7-5-8(12)10-11(14-10)9(7)13/h5,8-13H,1H2,2H3/t8-,9-,10+,11-/m0/s1. The number of fused-ring (bicyclic) bond motifs is 1. The van der Waals surface area contributed by atoms with Gasteiger partial charge in [-0.2, -0.15) is 0 Å². The molecular weight excluding hydrogens is 180 g/mol. The molecule has 0 amide bonds. The van der Waals surface area contributed by atoms with Crippen LogP contribution in [0.4, 0.5) is 0 Å². The lowest BCUT2D eigenvalue weighted by Crippen LogP contribution is -2.29. The molecule has 1 aliphatic carbocycles. The van der Waals surface area contributed by atoms with Gasteiger partial charge < -0.3 is 14.9 Å². The summed E-state index contributed by atoms with van der Waals surface area (Å²) in [5.41, 5.74) is 1.26. The van der Waals surface area contributed by atoms with Crippen molar-refractivity contribution in [3.63, 3.8) is 0 Å². The molecule has 0 aromatic heterocycles. The summed E-state index contributed by atoms with van der Waals surface area (Å²) in [6.45, 7) is 5.42. The van der Waals surface area contributed by atoms with Crippen LogP contribution in [0.1, 0.15) is 6.92 Å². The Morgan fingerprint density at radius 2 is 2.21 bits per heavy atom. The minimum absolute atomic E-state index is 0.236. The van der Waals surface area contributed by atoms with Gasteiger partial charge in [-0.15, -0.1) is 0 Å². The molecule has 74 valence electrons. The number of hydrogen-bond donors (Lipinski definition) is 2. The molecule has 0 aromatic carbocycles. The van der Waals surface area contributed by atoms with Crippen LogP contribution in [0.15, 0.2) is 23.8 Å². The zero-order valence-electron chi connectivity index (χ0n) is 7.90. The van der Waals surface area contributed by atoms with Crippen molar-refractivity contribution in [2.24, 2.45) is 0 Å². The summed E-state index contributed by atoms with van der Waals surface area (Å²) >= 11 is 0. The molecule has 14 heavy (non-hydrogen) atoms. The minimum atomic E-state index is -0.699. The Kier molecular flexibility index (Phi) is 2.20. The summed E-state index contributed by atoms with van der Waals surface area (Å²) in [6, 6.07) is 0. The Hall–Kier alpha value is -1.08. The third-order valence-electron chi connectivity index (χ3n) is 2.30. The highest BCUT2D eigenvalue weighted by atomic mass is 16.6. The van der Waals surface area contributed by atoms with E-state index in [1.807, 2.05) is 0 Å². The van der Waals surface area contributed by atoms with Gasteiger partial charge in [0.2, 0.25) is 0 Å². The number of epoxide rings is 1. The van der Waals surface area contributed by atoms with E-state index in [9.17, 15) is 10.2 Å². The molecule has 0 bridgehead atoms. The van der Waals surface area contributed by atoms with Gasteiger partial charge in [0.05, 0.1) is 0 Å². The van der Waals surface area contributed by atoms with Crippen LogP contribution in [-0.4, -0.2) is 34.6 Å². The van der Waals surface area contributed by atoms with E-state index in [1.165, 1.54) is 0 Å². The van der Waals surface area contributed by atoms with Crippen molar-refractivity contribution >= 4 is 0 Å². The Morgan fingerprint density at radius 1 is 1.50 bits per heavy atom. The van der Waals surface area contributed by atoms with Gasteiger partial charge in [0.1, 0.15) is 24.4 Å². The lowest BCUT2D eigenvalue weighted by molar-refractivity contribution is 0.167. The molecular formula is C11H12O3. The number of aliphatic hydroxyl groups excluding tert-OH is 2. The van der Waals surface area contributed by atoms with Crippen LogP contribution in [-0.2, 0) is 4.74 Å². The van der Waals surface area contributed by atoms with Crippen molar-refractivity contribution < 1.29 is 14.9 Å². The highest BCUT2D eigenvalue weighted by molar-refractivity contribution is 5.42. The normalized spacial score (nSPS) is 38.9. The molecule has 0 aromatic rings. The molecule has 1 heterocycles. The summed E-state index contributed by atoms with van der Waals surface area (Å²) in [7, 11) is 0. The molecule has 0 radical (unpaired) electrons. The third kappa shape index (κ3) is 1.60. The quantitative estimate of drug-likeness (QED) is 0.419. The third-order valence-corrected chi connectivity index (χ3v) is 2.30. The maximum Gasteiger partial charge on any atom is 0.118 e. The zero-order valence-corrected chi connectivity index (χ0v) is 7.90. The smallest absolute Gasteiger partial charge is 0.118 e. The molecule has 4 atom stereocenters. The van der Waals surface area contributed by atoms with Gasteiger partial charge in [0, 0.05) is 5.57 Å². The first-order chi connectivity index (χ1) is 6.59. The summed E-state index contributed by atoms with van der Waals surface area (Å²) in [6.07, 6.45) is -0.299. The fraction of sp³-hybridized carbons (Fsp3) is 0.455. The fourth-order valence-electron chi connectivity index (χ4n) is 1.51. The first kappa shape index (κ1) is 9.47. The molecule has 2 rings (SSSR count). The summed E-state index contributed by atoms with van der Waals surface area (Å²) in [4.78, 5) is 0. The van der Waals surface area contributed by atoms with Crippen LogP contribution in [0.5, 0.6) is 0 Å². The monoisotopic (exact) mass is 192 g/mol. The lowest BCUT2D eigenvalue weighted by Gasteiger charge is -2.14. The average Bonchev–Trinajstić information content (AvgIpc) is 2.88. The van der Waals surface area contributed by atoms with Crippen molar-refractivity contribution in [2.45, 2.75) is 31.3 Å². The van der Waals surface area contributed by atoms with Crippen LogP contribution in [0.25, 0.3) is 0 Å². The second-order valence-corrected chi connectivity index (χ2v) is 3.65. The van der Waals surface area contributed by atoms with Crippen molar-refractivity contribution in [1.29, 1.82) is 0 Å². The second kappa shape index (κ2) is 3.25. The van der Waals surface area contributed by atoms with E-state index in [0.717, 1.165) is 5.57 Å². The van der Waals surface area contributed by atoms with Gasteiger partial charge in [-0.25, -0.2) is 0 Å². The predicted molar refractivity (Wildman–Crippen MR) is 51.3 cm³/mol. The van der Waals surface area contributed by atoms with Gasteiger partial charge in [-0.3, -0.25) is 0 Å². The first-order valence-electron chi connectivity index (χ1n) is 4.50. The zero-order chi connectivity index (χ0) is 10.3. The maximum absolute atomic E-state index is 9.67. The maximum atomic E-state index is 9.67. The van der Waals surface area contributed by atoms with Gasteiger partial charge in [0.25, 0.3) is 0 Å². The van der Waals surface area contributed by atoms with E-state index in [1.54, 1.807) is 13.0 Å². The van der Waals surface area contributed by atoms with E-state index in [2.05, 4.69) is 18.4 Å². The first-order valence-corrected chi connectivity index (χ1v) is 4.50. The Labute approximate surface area is 82.7 Å². The van der Waals surface area contributed by atoms with E-state index < -0.39 is 12.2 Å². The van der Waals surface area contributed by atoms with Crippen LogP contribution in [0, 0.1) is 11.8 Å². The van der Waals surface area contributed by atoms with Crippen LogP contribution in [0.3, 0.4) is 0 Å². The highest BCUT2D eigenvalue weighted by Gasteiger charge is 2.52. The SMILES string of the molecule is C=C(C)C#CC1=C[C@H](O)[C@H]2O[C@H]2[C@H]1O. The number of allylic oxidation sites excluding steroid dienone is 1. The molecule has 1 aliphatic heterocycles. The summed E-state index contributed by atoms with van der Waals surface area (Å²) in [5.74, 6) is 5.55. The number of hydrogen-bond acceptors (Lipinski definition) is 3. The number of ether oxygens (including phenoxy) is 1. The molecule has 1 saturated heterocycles. The van der Waals surface area contributed by atoms with Crippen molar-refractivity contribution in [2.75, 3.05) is 0 Å². The minimum Gasteiger partial charge on any atom is -0.386 e. The van der Waals surface area contributed by atoms with Gasteiger partial charge >= 0.3 is 0 Å². The molecule has 2 N–H and O–H groups in total. The predicted octanol–water partition coefficient (Wildman–Crippen LogP) is -0.00490. The van der Waals surface area contributed by atoms with Crippen molar-refractivity contribution in [3.8, 4) is 11.8 Å². The topological polar surface area (TPSA) is 53.0 Å². The van der Waals surface area contributed by atoms with E-state index >= 15 is 0 Å². The van der Waals surface area contributed by atoms with Crippen LogP contribution < -0.4 is 0 Å². The Bertz CT molecular complexity index is 358. The fourth-order valence-corrected chi connectivity index (χ4v) is 1.51. The molecule has 1 fully saturated rings. The molecule has 0 spiro atoms. The largest absolute Gasteiger partial charge is 0.386 e. The van der Waals surface area contributed by atoms with Crippen molar-refractivity contribution in [1.82, 2.24) is 0 Å². The average molecular weight is 192 g/mol. The van der Waals surface area contributed by atoms with E-state index in [0.29, 0.717) is 5.57 Å². The molecule has 3 heteroatoms. The summed E-state index contributed by atoms with van der Waals surface area (Å²) < 4.78 is 5.10. The molecule has 3 nitrogen and oxygen atoms in total. The molecule has 0 saturated carbocycles. The number of rotatable bonds is 0. The van der Waals surface area contributed by atoms with Crippen molar-refractivity contribution in [3.05, 3.63) is 23.8 Å². The second-order valence-electron chi connectivity index (χ2n) is 3.65. The van der Waals surface area contributed by atoms with Crippen LogP contribution in [0.2, 0.25) is 0 Å². The van der Waals surface area contributed by atoms with E-state index in [-0.39, 0.29) is 12.2 Å². The van der Waals surface area contributed by atoms with Crippen LogP contribution >= 0.6 is 0 Å². The Balaban J connectivity index is 2.19. The van der Waals surface area contributed by atoms with Gasteiger partial charge in [0.15, 0.2) is 0 Å². The van der Waals surface area contributed by atoms with Gasteiger partial charge in [-0.1, -0.05) is 18.4 Å². The lowest BCUT2D eigenvalue weighted by atomic mass is 9.95. The van der Waals surface area contributed by atoms with Gasteiger partial charge in [-0.05, 0) is 18.6 Å².